The molecule has 5 rings (SSSR count). The van der Waals surface area contributed by atoms with Crippen molar-refractivity contribution < 1.29 is 36.6 Å². The van der Waals surface area contributed by atoms with Crippen LogP contribution in [0, 0.1) is 11.6 Å². The lowest BCUT2D eigenvalue weighted by Crippen LogP contribution is -2.48. The molecule has 2 aromatic carbocycles. The van der Waals surface area contributed by atoms with Crippen LogP contribution in [0.1, 0.15) is 33.2 Å². The van der Waals surface area contributed by atoms with E-state index in [1.807, 2.05) is 0 Å². The molecular weight excluding hydrogens is 549 g/mol. The molecular formula is C25H19ClF5N5O3. The number of alkyl halides is 3. The quantitative estimate of drug-likeness (QED) is 0.398. The summed E-state index contributed by atoms with van der Waals surface area (Å²) in [6.45, 7) is -1.24. The van der Waals surface area contributed by atoms with Crippen molar-refractivity contribution in [3.05, 3.63) is 81.5 Å². The largest absolute Gasteiger partial charge is 0.423 e. The number of hydrogen-bond acceptors (Lipinski definition) is 5. The summed E-state index contributed by atoms with van der Waals surface area (Å²) in [5.74, 6) is -2.10. The first-order valence-electron chi connectivity index (χ1n) is 11.4. The normalized spacial score (nSPS) is 20.0. The minimum atomic E-state index is -5.23. The molecule has 8 nitrogen and oxygen atoms in total. The zero-order valence-electron chi connectivity index (χ0n) is 20.2. The first-order valence-corrected chi connectivity index (χ1v) is 11.7. The highest BCUT2D eigenvalue weighted by Crippen LogP contribution is 2.49. The number of pyridine rings is 1. The van der Waals surface area contributed by atoms with Crippen LogP contribution < -0.4 is 20.4 Å². The van der Waals surface area contributed by atoms with Crippen LogP contribution >= 0.6 is 11.6 Å². The van der Waals surface area contributed by atoms with Crippen LogP contribution in [0.4, 0.5) is 43.9 Å². The summed E-state index contributed by atoms with van der Waals surface area (Å²) in [7, 11) is 3.23. The summed E-state index contributed by atoms with van der Waals surface area (Å²) in [6.07, 6.45) is -5.23. The van der Waals surface area contributed by atoms with Gasteiger partial charge in [-0.3, -0.25) is 9.69 Å². The first-order chi connectivity index (χ1) is 18.2. The van der Waals surface area contributed by atoms with Gasteiger partial charge in [0.25, 0.3) is 5.91 Å². The molecule has 0 bridgehead atoms. The Bertz CT molecular complexity index is 1530. The van der Waals surface area contributed by atoms with Gasteiger partial charge in [-0.2, -0.15) is 13.2 Å². The monoisotopic (exact) mass is 567 g/mol. The van der Waals surface area contributed by atoms with Gasteiger partial charge in [0.2, 0.25) is 5.60 Å². The van der Waals surface area contributed by atoms with Gasteiger partial charge >= 0.3 is 12.2 Å². The van der Waals surface area contributed by atoms with Gasteiger partial charge in [-0.05, 0) is 36.4 Å². The fraction of sp³-hybridized carbons (Fsp3) is 0.240. The molecule has 3 amide bonds. The predicted octanol–water partition coefficient (Wildman–Crippen LogP) is 4.71. The average molecular weight is 568 g/mol. The number of nitrogens with zero attached hydrogens (tertiary/aromatic N) is 3. The van der Waals surface area contributed by atoms with Crippen LogP contribution in [0.25, 0.3) is 0 Å². The van der Waals surface area contributed by atoms with E-state index < -0.39 is 53.5 Å². The second kappa shape index (κ2) is 9.06. The van der Waals surface area contributed by atoms with Gasteiger partial charge in [0, 0.05) is 41.9 Å². The smallest absolute Gasteiger partial charge is 0.375 e. The Kier molecular flexibility index (Phi) is 6.18. The number of aliphatic hydroxyl groups is 1. The molecule has 3 heterocycles. The Labute approximate surface area is 223 Å². The van der Waals surface area contributed by atoms with Crippen LogP contribution in [0.3, 0.4) is 0 Å². The molecule has 0 fully saturated rings. The number of rotatable bonds is 3. The summed E-state index contributed by atoms with van der Waals surface area (Å²) in [5.41, 5.74) is -4.57. The van der Waals surface area contributed by atoms with Gasteiger partial charge in [-0.25, -0.2) is 18.6 Å². The highest BCUT2D eigenvalue weighted by Gasteiger charge is 2.61. The van der Waals surface area contributed by atoms with E-state index in [-0.39, 0.29) is 39.0 Å². The Morgan fingerprint density at radius 3 is 2.51 bits per heavy atom. The molecule has 0 aliphatic carbocycles. The first kappa shape index (κ1) is 26.6. The number of carbonyl (C=O) groups is 2. The van der Waals surface area contributed by atoms with Gasteiger partial charge in [-0.15, -0.1) is 0 Å². The molecule has 0 saturated heterocycles. The lowest BCUT2D eigenvalue weighted by molar-refractivity contribution is -0.258. The molecule has 0 radical (unpaired) electrons. The van der Waals surface area contributed by atoms with E-state index in [9.17, 15) is 36.6 Å². The molecule has 0 saturated carbocycles. The molecule has 39 heavy (non-hydrogen) atoms. The maximum absolute atomic E-state index is 14.1. The van der Waals surface area contributed by atoms with Crippen molar-refractivity contribution >= 4 is 40.7 Å². The van der Waals surface area contributed by atoms with Crippen molar-refractivity contribution in [3.63, 3.8) is 0 Å². The van der Waals surface area contributed by atoms with Crippen LogP contribution in [0.2, 0.25) is 5.02 Å². The number of nitrogens with one attached hydrogen (secondary N) is 2. The summed E-state index contributed by atoms with van der Waals surface area (Å²) < 4.78 is 69.5. The number of hydrogen-bond donors (Lipinski definition) is 3. The SMILES string of the molecule is CN(C)c1cc(NC(=O)N2C[C@@](O)(C(F)(F)F)c3cc(F)ccc32)c2c(n1)C(=O)N[C@H]2c1cc(F)ccc1Cl. The molecule has 0 spiro atoms. The summed E-state index contributed by atoms with van der Waals surface area (Å²) in [5, 5.41) is 15.8. The van der Waals surface area contributed by atoms with Crippen LogP contribution in [0.5, 0.6) is 0 Å². The number of benzene rings is 2. The predicted molar refractivity (Wildman–Crippen MR) is 132 cm³/mol. The van der Waals surface area contributed by atoms with Gasteiger partial charge in [-0.1, -0.05) is 11.6 Å². The average Bonchev–Trinajstić information content (AvgIpc) is 3.35. The Morgan fingerprint density at radius 1 is 1.18 bits per heavy atom. The van der Waals surface area contributed by atoms with Crippen molar-refractivity contribution in [2.75, 3.05) is 35.8 Å². The molecule has 14 heteroatoms. The number of anilines is 3. The fourth-order valence-corrected chi connectivity index (χ4v) is 4.89. The fourth-order valence-electron chi connectivity index (χ4n) is 4.66. The Morgan fingerprint density at radius 2 is 1.85 bits per heavy atom. The second-order valence-electron chi connectivity index (χ2n) is 9.29. The van der Waals surface area contributed by atoms with E-state index in [0.717, 1.165) is 24.3 Å². The van der Waals surface area contributed by atoms with Crippen molar-refractivity contribution in [1.82, 2.24) is 10.3 Å². The van der Waals surface area contributed by atoms with E-state index in [2.05, 4.69) is 15.6 Å². The maximum atomic E-state index is 14.1. The van der Waals surface area contributed by atoms with Gasteiger partial charge < -0.3 is 20.6 Å². The summed E-state index contributed by atoms with van der Waals surface area (Å²) in [6, 6.07) is 5.07. The van der Waals surface area contributed by atoms with Crippen LogP contribution in [-0.2, 0) is 5.60 Å². The van der Waals surface area contributed by atoms with Crippen molar-refractivity contribution in [2.24, 2.45) is 0 Å². The van der Waals surface area contributed by atoms with E-state index in [1.54, 1.807) is 14.1 Å². The van der Waals surface area contributed by atoms with Crippen LogP contribution in [0.15, 0.2) is 42.5 Å². The second-order valence-corrected chi connectivity index (χ2v) is 9.70. The maximum Gasteiger partial charge on any atom is 0.423 e. The molecule has 2 aliphatic heterocycles. The molecule has 204 valence electrons. The van der Waals surface area contributed by atoms with Crippen molar-refractivity contribution in [1.29, 1.82) is 0 Å². The molecule has 2 atom stereocenters. The standard InChI is InChI=1S/C25H19ClF5N5O3/c1-35(2)18-9-16(19-20(34-22(37)21(19)33-18)13-7-11(27)3-5-15(13)26)32-23(38)36-10-24(39,25(29,30)31)14-8-12(28)4-6-17(14)36/h3-9,20,39H,10H2,1-2H3,(H,34,37)(H,32,33,38)/t20-,24-/m0/s1. The van der Waals surface area contributed by atoms with E-state index in [4.69, 9.17) is 11.6 Å². The Balaban J connectivity index is 1.60. The topological polar surface area (TPSA) is 97.8 Å². The zero-order valence-corrected chi connectivity index (χ0v) is 21.0. The van der Waals surface area contributed by atoms with E-state index >= 15 is 0 Å². The summed E-state index contributed by atoms with van der Waals surface area (Å²) in [4.78, 5) is 32.7. The third-order valence-corrected chi connectivity index (χ3v) is 6.93. The highest BCUT2D eigenvalue weighted by atomic mass is 35.5. The zero-order chi connectivity index (χ0) is 28.4. The van der Waals surface area contributed by atoms with Crippen molar-refractivity contribution in [2.45, 2.75) is 17.8 Å². The number of carbonyl (C=O) groups excluding carboxylic acids is 2. The summed E-state index contributed by atoms with van der Waals surface area (Å²) >= 11 is 6.27. The minimum absolute atomic E-state index is 0.0245. The van der Waals surface area contributed by atoms with Crippen molar-refractivity contribution in [3.8, 4) is 0 Å². The van der Waals surface area contributed by atoms with E-state index in [1.165, 1.54) is 17.0 Å². The van der Waals surface area contributed by atoms with Gasteiger partial charge in [0.1, 0.15) is 23.1 Å². The lowest BCUT2D eigenvalue weighted by Gasteiger charge is -2.27. The lowest BCUT2D eigenvalue weighted by atomic mass is 9.95. The van der Waals surface area contributed by atoms with Gasteiger partial charge in [0.05, 0.1) is 24.0 Å². The molecule has 3 aromatic rings. The van der Waals surface area contributed by atoms with E-state index in [0.29, 0.717) is 11.0 Å². The molecule has 3 N–H and O–H groups in total. The molecule has 0 unspecified atom stereocenters. The van der Waals surface area contributed by atoms with Gasteiger partial charge in [0.15, 0.2) is 0 Å². The number of fused-ring (bicyclic) bond motifs is 2. The molecule has 2 aliphatic rings. The van der Waals surface area contributed by atoms with Crippen LogP contribution in [-0.4, -0.2) is 48.8 Å². The highest BCUT2D eigenvalue weighted by molar-refractivity contribution is 6.31. The Hall–Kier alpha value is -3.97. The number of halogens is 6. The minimum Gasteiger partial charge on any atom is -0.375 e. The number of aromatic nitrogens is 1. The third-order valence-electron chi connectivity index (χ3n) is 6.59. The number of urea groups is 1. The molecule has 1 aromatic heterocycles. The third kappa shape index (κ3) is 4.31. The number of β-amino-alcohol motifs (C(OH)–C–C–N with tert-alkyl or cyclic N) is 1. The number of amides is 3.